The number of nitrogens with zero attached hydrogens (tertiary/aromatic N) is 2. The SMILES string of the molecule is Cc1nccn1CCNC(C)CCl. The molecule has 0 radical (unpaired) electrons. The minimum atomic E-state index is 0.380. The summed E-state index contributed by atoms with van der Waals surface area (Å²) in [6, 6.07) is 0.380. The summed E-state index contributed by atoms with van der Waals surface area (Å²) in [5.74, 6) is 1.71. The van der Waals surface area contributed by atoms with Crippen molar-refractivity contribution >= 4 is 11.6 Å². The maximum Gasteiger partial charge on any atom is 0.105 e. The summed E-state index contributed by atoms with van der Waals surface area (Å²) in [7, 11) is 0. The molecule has 1 aromatic rings. The number of hydrogen-bond donors (Lipinski definition) is 1. The van der Waals surface area contributed by atoms with Gasteiger partial charge in [-0.05, 0) is 13.8 Å². The van der Waals surface area contributed by atoms with E-state index < -0.39 is 0 Å². The molecule has 1 atom stereocenters. The van der Waals surface area contributed by atoms with Crippen molar-refractivity contribution in [3.05, 3.63) is 18.2 Å². The van der Waals surface area contributed by atoms with Gasteiger partial charge in [0.25, 0.3) is 0 Å². The summed E-state index contributed by atoms with van der Waals surface area (Å²) in [6.07, 6.45) is 3.81. The maximum absolute atomic E-state index is 5.66. The molecule has 0 fully saturated rings. The summed E-state index contributed by atoms with van der Waals surface area (Å²) in [6.45, 7) is 5.97. The van der Waals surface area contributed by atoms with E-state index in [-0.39, 0.29) is 0 Å². The van der Waals surface area contributed by atoms with Gasteiger partial charge in [0.1, 0.15) is 5.82 Å². The zero-order chi connectivity index (χ0) is 9.68. The van der Waals surface area contributed by atoms with Crippen LogP contribution in [-0.4, -0.2) is 28.0 Å². The predicted octanol–water partition coefficient (Wildman–Crippen LogP) is 1.41. The molecule has 0 spiro atoms. The van der Waals surface area contributed by atoms with Gasteiger partial charge in [-0.2, -0.15) is 0 Å². The van der Waals surface area contributed by atoms with Gasteiger partial charge in [0.15, 0.2) is 0 Å². The highest BCUT2D eigenvalue weighted by molar-refractivity contribution is 6.18. The fraction of sp³-hybridized carbons (Fsp3) is 0.667. The van der Waals surface area contributed by atoms with Crippen molar-refractivity contribution in [1.82, 2.24) is 14.9 Å². The Balaban J connectivity index is 2.24. The van der Waals surface area contributed by atoms with Crippen LogP contribution in [0.3, 0.4) is 0 Å². The van der Waals surface area contributed by atoms with E-state index in [0.717, 1.165) is 18.9 Å². The minimum Gasteiger partial charge on any atom is -0.334 e. The van der Waals surface area contributed by atoms with Crippen LogP contribution in [0.15, 0.2) is 12.4 Å². The lowest BCUT2D eigenvalue weighted by Gasteiger charge is -2.10. The molecule has 1 unspecified atom stereocenters. The van der Waals surface area contributed by atoms with Gasteiger partial charge >= 0.3 is 0 Å². The van der Waals surface area contributed by atoms with Crippen LogP contribution in [0, 0.1) is 6.92 Å². The average molecular weight is 202 g/mol. The third kappa shape index (κ3) is 3.36. The molecule has 74 valence electrons. The van der Waals surface area contributed by atoms with E-state index in [4.69, 9.17) is 11.6 Å². The van der Waals surface area contributed by atoms with Crippen LogP contribution in [0.4, 0.5) is 0 Å². The van der Waals surface area contributed by atoms with Crippen LogP contribution in [0.5, 0.6) is 0 Å². The van der Waals surface area contributed by atoms with Gasteiger partial charge in [0, 0.05) is 37.4 Å². The lowest BCUT2D eigenvalue weighted by atomic mass is 10.4. The fourth-order valence-corrected chi connectivity index (χ4v) is 1.24. The van der Waals surface area contributed by atoms with Crippen molar-refractivity contribution in [3.63, 3.8) is 0 Å². The van der Waals surface area contributed by atoms with Gasteiger partial charge in [-0.3, -0.25) is 0 Å². The third-order valence-electron chi connectivity index (χ3n) is 2.00. The van der Waals surface area contributed by atoms with Crippen molar-refractivity contribution in [1.29, 1.82) is 0 Å². The number of halogens is 1. The third-order valence-corrected chi connectivity index (χ3v) is 2.46. The molecule has 1 aromatic heterocycles. The van der Waals surface area contributed by atoms with Gasteiger partial charge in [0.2, 0.25) is 0 Å². The van der Waals surface area contributed by atoms with E-state index in [1.165, 1.54) is 0 Å². The molecular formula is C9H16ClN3. The van der Waals surface area contributed by atoms with Crippen LogP contribution in [0.1, 0.15) is 12.7 Å². The molecule has 0 aliphatic rings. The fourth-order valence-electron chi connectivity index (χ4n) is 1.13. The highest BCUT2D eigenvalue weighted by Crippen LogP contribution is 1.94. The van der Waals surface area contributed by atoms with Crippen LogP contribution < -0.4 is 5.32 Å². The first-order chi connectivity index (χ1) is 6.24. The van der Waals surface area contributed by atoms with Crippen LogP contribution in [0.25, 0.3) is 0 Å². The highest BCUT2D eigenvalue weighted by atomic mass is 35.5. The molecule has 0 aliphatic carbocycles. The Morgan fingerprint density at radius 1 is 1.69 bits per heavy atom. The number of imidazole rings is 1. The van der Waals surface area contributed by atoms with Crippen molar-refractivity contribution in [3.8, 4) is 0 Å². The van der Waals surface area contributed by atoms with Crippen molar-refractivity contribution in [2.24, 2.45) is 0 Å². The molecule has 3 nitrogen and oxygen atoms in total. The molecular weight excluding hydrogens is 186 g/mol. The predicted molar refractivity (Wildman–Crippen MR) is 55.1 cm³/mol. The Hall–Kier alpha value is -0.540. The molecule has 0 aliphatic heterocycles. The number of hydrogen-bond acceptors (Lipinski definition) is 2. The van der Waals surface area contributed by atoms with E-state index in [2.05, 4.69) is 21.8 Å². The Bertz CT molecular complexity index is 247. The topological polar surface area (TPSA) is 29.9 Å². The van der Waals surface area contributed by atoms with Gasteiger partial charge in [-0.25, -0.2) is 4.98 Å². The van der Waals surface area contributed by atoms with E-state index >= 15 is 0 Å². The zero-order valence-corrected chi connectivity index (χ0v) is 8.88. The first-order valence-electron chi connectivity index (χ1n) is 4.51. The highest BCUT2D eigenvalue weighted by Gasteiger charge is 1.99. The first kappa shape index (κ1) is 10.5. The van der Waals surface area contributed by atoms with Gasteiger partial charge < -0.3 is 9.88 Å². The Labute approximate surface area is 84.1 Å². The molecule has 1 rings (SSSR count). The molecule has 0 aromatic carbocycles. The van der Waals surface area contributed by atoms with E-state index in [1.807, 2.05) is 19.3 Å². The van der Waals surface area contributed by atoms with Gasteiger partial charge in [-0.15, -0.1) is 11.6 Å². The number of nitrogens with one attached hydrogen (secondary N) is 1. The molecule has 0 saturated carbocycles. The molecule has 4 heteroatoms. The second-order valence-corrected chi connectivity index (χ2v) is 3.49. The summed E-state index contributed by atoms with van der Waals surface area (Å²) in [5.41, 5.74) is 0. The number of alkyl halides is 1. The Kier molecular flexibility index (Phi) is 4.25. The van der Waals surface area contributed by atoms with Crippen molar-refractivity contribution in [2.45, 2.75) is 26.4 Å². The summed E-state index contributed by atoms with van der Waals surface area (Å²) < 4.78 is 2.12. The number of aryl methyl sites for hydroxylation is 1. The van der Waals surface area contributed by atoms with Crippen LogP contribution in [-0.2, 0) is 6.54 Å². The van der Waals surface area contributed by atoms with Crippen molar-refractivity contribution < 1.29 is 0 Å². The smallest absolute Gasteiger partial charge is 0.105 e. The van der Waals surface area contributed by atoms with Gasteiger partial charge in [-0.1, -0.05) is 0 Å². The molecule has 13 heavy (non-hydrogen) atoms. The quantitative estimate of drug-likeness (QED) is 0.731. The molecule has 0 amide bonds. The molecule has 1 N–H and O–H groups in total. The van der Waals surface area contributed by atoms with E-state index in [0.29, 0.717) is 11.9 Å². The molecule has 0 bridgehead atoms. The first-order valence-corrected chi connectivity index (χ1v) is 5.04. The Morgan fingerprint density at radius 2 is 2.46 bits per heavy atom. The standard InChI is InChI=1S/C9H16ClN3/c1-8(7-10)11-3-5-13-6-4-12-9(13)2/h4,6,8,11H,3,5,7H2,1-2H3. The average Bonchev–Trinajstić information content (AvgIpc) is 2.52. The summed E-state index contributed by atoms with van der Waals surface area (Å²) in [5, 5.41) is 3.32. The van der Waals surface area contributed by atoms with Crippen molar-refractivity contribution in [2.75, 3.05) is 12.4 Å². The van der Waals surface area contributed by atoms with Crippen LogP contribution >= 0.6 is 11.6 Å². The minimum absolute atomic E-state index is 0.380. The van der Waals surface area contributed by atoms with E-state index in [9.17, 15) is 0 Å². The monoisotopic (exact) mass is 201 g/mol. The zero-order valence-electron chi connectivity index (χ0n) is 8.13. The second-order valence-electron chi connectivity index (χ2n) is 3.18. The largest absolute Gasteiger partial charge is 0.334 e. The number of aromatic nitrogens is 2. The normalized spacial score (nSPS) is 13.2. The second kappa shape index (κ2) is 5.25. The summed E-state index contributed by atoms with van der Waals surface area (Å²) >= 11 is 5.66. The van der Waals surface area contributed by atoms with Gasteiger partial charge in [0.05, 0.1) is 0 Å². The van der Waals surface area contributed by atoms with Crippen LogP contribution in [0.2, 0.25) is 0 Å². The molecule has 1 heterocycles. The van der Waals surface area contributed by atoms with E-state index in [1.54, 1.807) is 0 Å². The number of rotatable bonds is 5. The lowest BCUT2D eigenvalue weighted by Crippen LogP contribution is -2.30. The Morgan fingerprint density at radius 3 is 3.00 bits per heavy atom. The molecule has 0 saturated heterocycles. The lowest BCUT2D eigenvalue weighted by molar-refractivity contribution is 0.538. The summed E-state index contributed by atoms with van der Waals surface area (Å²) in [4.78, 5) is 4.14. The maximum atomic E-state index is 5.66.